The standard InChI is InChI=1S/C16H21N3O/c1-3-7-18-14-9-15(12-17-11-14)19-10-13-5-4-6-16(8-13)20-2/h4-6,8-9,11-12,18-19H,3,7,10H2,1-2H3. The highest BCUT2D eigenvalue weighted by Gasteiger charge is 1.98. The van der Waals surface area contributed by atoms with Gasteiger partial charge in [0.25, 0.3) is 0 Å². The van der Waals surface area contributed by atoms with Gasteiger partial charge in [-0.2, -0.15) is 0 Å². The molecule has 1 aromatic carbocycles. The molecule has 1 aromatic heterocycles. The van der Waals surface area contributed by atoms with Crippen molar-refractivity contribution in [1.82, 2.24) is 4.98 Å². The lowest BCUT2D eigenvalue weighted by Crippen LogP contribution is -2.03. The fourth-order valence-corrected chi connectivity index (χ4v) is 1.89. The summed E-state index contributed by atoms with van der Waals surface area (Å²) in [5.41, 5.74) is 3.23. The van der Waals surface area contributed by atoms with Crippen LogP contribution >= 0.6 is 0 Å². The van der Waals surface area contributed by atoms with E-state index in [0.717, 1.165) is 36.6 Å². The fourth-order valence-electron chi connectivity index (χ4n) is 1.89. The molecule has 2 rings (SSSR count). The molecule has 0 fully saturated rings. The molecule has 0 aliphatic heterocycles. The molecule has 0 aliphatic rings. The Kier molecular flexibility index (Phi) is 5.24. The van der Waals surface area contributed by atoms with Crippen LogP contribution in [-0.2, 0) is 6.54 Å². The molecule has 0 spiro atoms. The van der Waals surface area contributed by atoms with Gasteiger partial charge in [0.15, 0.2) is 0 Å². The number of hydrogen-bond donors (Lipinski definition) is 2. The zero-order valence-electron chi connectivity index (χ0n) is 12.0. The number of pyridine rings is 1. The van der Waals surface area contributed by atoms with Crippen molar-refractivity contribution in [3.8, 4) is 5.75 Å². The van der Waals surface area contributed by atoms with Crippen LogP contribution in [0.3, 0.4) is 0 Å². The Hall–Kier alpha value is -2.23. The Labute approximate surface area is 120 Å². The molecule has 106 valence electrons. The lowest BCUT2D eigenvalue weighted by molar-refractivity contribution is 0.414. The fraction of sp³-hybridized carbons (Fsp3) is 0.312. The van der Waals surface area contributed by atoms with Gasteiger partial charge >= 0.3 is 0 Å². The largest absolute Gasteiger partial charge is 0.497 e. The molecule has 0 aliphatic carbocycles. The third kappa shape index (κ3) is 4.16. The molecule has 2 N–H and O–H groups in total. The van der Waals surface area contributed by atoms with Gasteiger partial charge in [-0.15, -0.1) is 0 Å². The van der Waals surface area contributed by atoms with E-state index >= 15 is 0 Å². The van der Waals surface area contributed by atoms with Crippen molar-refractivity contribution in [3.63, 3.8) is 0 Å². The molecule has 0 radical (unpaired) electrons. The monoisotopic (exact) mass is 271 g/mol. The highest BCUT2D eigenvalue weighted by molar-refractivity contribution is 5.54. The molecular formula is C16H21N3O. The van der Waals surface area contributed by atoms with E-state index in [0.29, 0.717) is 0 Å². The number of rotatable bonds is 7. The summed E-state index contributed by atoms with van der Waals surface area (Å²) in [5, 5.41) is 6.70. The number of hydrogen-bond acceptors (Lipinski definition) is 4. The van der Waals surface area contributed by atoms with Gasteiger partial charge in [-0.25, -0.2) is 0 Å². The lowest BCUT2D eigenvalue weighted by atomic mass is 10.2. The maximum Gasteiger partial charge on any atom is 0.119 e. The summed E-state index contributed by atoms with van der Waals surface area (Å²) in [6.45, 7) is 3.85. The number of methoxy groups -OCH3 is 1. The number of ether oxygens (including phenoxy) is 1. The van der Waals surface area contributed by atoms with Crippen molar-refractivity contribution in [2.45, 2.75) is 19.9 Å². The number of anilines is 2. The Morgan fingerprint density at radius 3 is 2.65 bits per heavy atom. The summed E-state index contributed by atoms with van der Waals surface area (Å²) in [7, 11) is 1.68. The van der Waals surface area contributed by atoms with Gasteiger partial charge in [-0.1, -0.05) is 19.1 Å². The zero-order valence-corrected chi connectivity index (χ0v) is 12.0. The molecule has 20 heavy (non-hydrogen) atoms. The molecule has 0 bridgehead atoms. The Morgan fingerprint density at radius 1 is 1.10 bits per heavy atom. The lowest BCUT2D eigenvalue weighted by Gasteiger charge is -2.10. The molecule has 0 unspecified atom stereocenters. The highest BCUT2D eigenvalue weighted by Crippen LogP contribution is 2.16. The minimum atomic E-state index is 0.746. The van der Waals surface area contributed by atoms with E-state index < -0.39 is 0 Å². The van der Waals surface area contributed by atoms with Crippen molar-refractivity contribution in [3.05, 3.63) is 48.3 Å². The van der Waals surface area contributed by atoms with Crippen LogP contribution in [0, 0.1) is 0 Å². The van der Waals surface area contributed by atoms with Crippen molar-refractivity contribution in [1.29, 1.82) is 0 Å². The van der Waals surface area contributed by atoms with Crippen molar-refractivity contribution >= 4 is 11.4 Å². The Morgan fingerprint density at radius 2 is 1.90 bits per heavy atom. The van der Waals surface area contributed by atoms with Crippen molar-refractivity contribution < 1.29 is 4.74 Å². The maximum atomic E-state index is 5.22. The Balaban J connectivity index is 1.95. The van der Waals surface area contributed by atoms with E-state index in [4.69, 9.17) is 4.74 Å². The van der Waals surface area contributed by atoms with Crippen LogP contribution in [0.4, 0.5) is 11.4 Å². The average Bonchev–Trinajstić information content (AvgIpc) is 2.51. The van der Waals surface area contributed by atoms with Crippen LogP contribution in [0.15, 0.2) is 42.7 Å². The topological polar surface area (TPSA) is 46.2 Å². The van der Waals surface area contributed by atoms with Gasteiger partial charge in [0.2, 0.25) is 0 Å². The van der Waals surface area contributed by atoms with Gasteiger partial charge in [0.05, 0.1) is 30.9 Å². The summed E-state index contributed by atoms with van der Waals surface area (Å²) < 4.78 is 5.22. The van der Waals surface area contributed by atoms with Crippen LogP contribution in [0.5, 0.6) is 5.75 Å². The molecule has 0 saturated carbocycles. The summed E-state index contributed by atoms with van der Waals surface area (Å²) in [5.74, 6) is 0.876. The zero-order chi connectivity index (χ0) is 14.2. The second kappa shape index (κ2) is 7.38. The number of aromatic nitrogens is 1. The first-order chi connectivity index (χ1) is 9.81. The predicted molar refractivity (Wildman–Crippen MR) is 83.3 cm³/mol. The molecule has 0 saturated heterocycles. The average molecular weight is 271 g/mol. The van der Waals surface area contributed by atoms with E-state index in [2.05, 4.69) is 34.7 Å². The molecule has 4 nitrogen and oxygen atoms in total. The van der Waals surface area contributed by atoms with E-state index in [1.807, 2.05) is 30.6 Å². The van der Waals surface area contributed by atoms with E-state index in [-0.39, 0.29) is 0 Å². The number of benzene rings is 1. The van der Waals surface area contributed by atoms with Gasteiger partial charge in [0.1, 0.15) is 5.75 Å². The Bertz CT molecular complexity index is 543. The number of nitrogens with one attached hydrogen (secondary N) is 2. The minimum Gasteiger partial charge on any atom is -0.497 e. The van der Waals surface area contributed by atoms with E-state index in [1.54, 1.807) is 7.11 Å². The summed E-state index contributed by atoms with van der Waals surface area (Å²) >= 11 is 0. The first-order valence-electron chi connectivity index (χ1n) is 6.87. The van der Waals surface area contributed by atoms with Crippen LogP contribution < -0.4 is 15.4 Å². The van der Waals surface area contributed by atoms with Crippen molar-refractivity contribution in [2.75, 3.05) is 24.3 Å². The highest BCUT2D eigenvalue weighted by atomic mass is 16.5. The van der Waals surface area contributed by atoms with E-state index in [9.17, 15) is 0 Å². The molecule has 4 heteroatoms. The van der Waals surface area contributed by atoms with Gasteiger partial charge < -0.3 is 15.4 Å². The van der Waals surface area contributed by atoms with Crippen LogP contribution in [0.1, 0.15) is 18.9 Å². The summed E-state index contributed by atoms with van der Waals surface area (Å²) in [6.07, 6.45) is 4.77. The van der Waals surface area contributed by atoms with Gasteiger partial charge in [-0.05, 0) is 30.2 Å². The molecule has 0 amide bonds. The van der Waals surface area contributed by atoms with Crippen LogP contribution in [0.2, 0.25) is 0 Å². The second-order valence-corrected chi connectivity index (χ2v) is 4.59. The van der Waals surface area contributed by atoms with Crippen molar-refractivity contribution in [2.24, 2.45) is 0 Å². The molecule has 2 aromatic rings. The SMILES string of the molecule is CCCNc1cncc(NCc2cccc(OC)c2)c1. The first-order valence-corrected chi connectivity index (χ1v) is 6.87. The number of nitrogens with zero attached hydrogens (tertiary/aromatic N) is 1. The summed E-state index contributed by atoms with van der Waals surface area (Å²) in [4.78, 5) is 4.23. The van der Waals surface area contributed by atoms with Gasteiger partial charge in [-0.3, -0.25) is 4.98 Å². The maximum absolute atomic E-state index is 5.22. The van der Waals surface area contributed by atoms with E-state index in [1.165, 1.54) is 5.56 Å². The smallest absolute Gasteiger partial charge is 0.119 e. The van der Waals surface area contributed by atoms with Crippen LogP contribution in [-0.4, -0.2) is 18.6 Å². The quantitative estimate of drug-likeness (QED) is 0.808. The third-order valence-electron chi connectivity index (χ3n) is 2.95. The predicted octanol–water partition coefficient (Wildman–Crippen LogP) is 3.52. The molecular weight excluding hydrogens is 250 g/mol. The normalized spacial score (nSPS) is 10.1. The second-order valence-electron chi connectivity index (χ2n) is 4.59. The van der Waals surface area contributed by atoms with Crippen LogP contribution in [0.25, 0.3) is 0 Å². The molecule has 1 heterocycles. The molecule has 0 atom stereocenters. The first kappa shape index (κ1) is 14.2. The third-order valence-corrected chi connectivity index (χ3v) is 2.95. The minimum absolute atomic E-state index is 0.746. The van der Waals surface area contributed by atoms with Gasteiger partial charge in [0, 0.05) is 13.1 Å². The summed E-state index contributed by atoms with van der Waals surface area (Å²) in [6, 6.07) is 10.1.